The lowest BCUT2D eigenvalue weighted by Gasteiger charge is -2.32. The second-order valence-corrected chi connectivity index (χ2v) is 6.58. The normalized spacial score (nSPS) is 25.6. The molecule has 1 heterocycles. The van der Waals surface area contributed by atoms with Gasteiger partial charge in [-0.3, -0.25) is 4.99 Å². The third kappa shape index (κ3) is 5.54. The molecular formula is C17H32N4O3. The molecule has 24 heavy (non-hydrogen) atoms. The van der Waals surface area contributed by atoms with E-state index in [2.05, 4.69) is 15.6 Å². The van der Waals surface area contributed by atoms with Crippen molar-refractivity contribution in [3.8, 4) is 0 Å². The van der Waals surface area contributed by atoms with Crippen molar-refractivity contribution >= 4 is 12.1 Å². The van der Waals surface area contributed by atoms with E-state index in [9.17, 15) is 9.90 Å². The van der Waals surface area contributed by atoms with Gasteiger partial charge in [0.05, 0.1) is 12.7 Å². The molecular weight excluding hydrogens is 308 g/mol. The first-order valence-corrected chi connectivity index (χ1v) is 9.28. The maximum absolute atomic E-state index is 11.7. The number of guanidine groups is 1. The summed E-state index contributed by atoms with van der Waals surface area (Å²) in [6.07, 6.45) is 4.40. The quantitative estimate of drug-likeness (QED) is 0.519. The van der Waals surface area contributed by atoms with Crippen molar-refractivity contribution in [1.29, 1.82) is 0 Å². The van der Waals surface area contributed by atoms with Gasteiger partial charge >= 0.3 is 6.09 Å². The molecule has 2 unspecified atom stereocenters. The fraction of sp³-hybridized carbons (Fsp3) is 0.882. The monoisotopic (exact) mass is 340 g/mol. The third-order valence-electron chi connectivity index (χ3n) is 4.81. The minimum atomic E-state index is -0.216. The first kappa shape index (κ1) is 18.8. The number of aliphatic imine (C=N–C) groups is 1. The minimum Gasteiger partial charge on any atom is -0.450 e. The van der Waals surface area contributed by atoms with E-state index < -0.39 is 0 Å². The minimum absolute atomic E-state index is 0.204. The van der Waals surface area contributed by atoms with Gasteiger partial charge in [-0.15, -0.1) is 0 Å². The van der Waals surface area contributed by atoms with Crippen molar-refractivity contribution in [2.45, 2.75) is 58.1 Å². The van der Waals surface area contributed by atoms with E-state index in [1.807, 2.05) is 13.8 Å². The zero-order valence-corrected chi connectivity index (χ0v) is 15.0. The van der Waals surface area contributed by atoms with E-state index >= 15 is 0 Å². The number of rotatable bonds is 5. The number of nitrogens with zero attached hydrogens (tertiary/aromatic N) is 2. The van der Waals surface area contributed by atoms with Crippen LogP contribution in [0.1, 0.15) is 46.0 Å². The molecule has 3 N–H and O–H groups in total. The van der Waals surface area contributed by atoms with E-state index in [1.54, 1.807) is 4.90 Å². The number of likely N-dealkylation sites (tertiary alicyclic amines) is 1. The van der Waals surface area contributed by atoms with Crippen molar-refractivity contribution in [1.82, 2.24) is 15.5 Å². The molecule has 0 aromatic heterocycles. The van der Waals surface area contributed by atoms with E-state index in [4.69, 9.17) is 4.74 Å². The Hall–Kier alpha value is -1.50. The molecule has 0 radical (unpaired) electrons. The molecule has 138 valence electrons. The maximum atomic E-state index is 11.7. The lowest BCUT2D eigenvalue weighted by atomic mass is 10.1. The average Bonchev–Trinajstić information content (AvgIpc) is 2.99. The number of ether oxygens (including phenoxy) is 1. The number of aliphatic hydroxyl groups is 1. The zero-order valence-electron chi connectivity index (χ0n) is 15.0. The Bertz CT molecular complexity index is 422. The van der Waals surface area contributed by atoms with E-state index in [1.165, 1.54) is 0 Å². The van der Waals surface area contributed by atoms with Gasteiger partial charge in [0, 0.05) is 38.1 Å². The lowest BCUT2D eigenvalue weighted by Crippen LogP contribution is -2.50. The van der Waals surface area contributed by atoms with Gasteiger partial charge in [0.1, 0.15) is 0 Å². The Kier molecular flexibility index (Phi) is 7.62. The van der Waals surface area contributed by atoms with Gasteiger partial charge < -0.3 is 25.4 Å². The predicted molar refractivity (Wildman–Crippen MR) is 94.1 cm³/mol. The number of amides is 1. The number of aliphatic hydroxyl groups excluding tert-OH is 1. The second kappa shape index (κ2) is 9.71. The Morgan fingerprint density at radius 3 is 2.58 bits per heavy atom. The highest BCUT2D eigenvalue weighted by molar-refractivity contribution is 5.80. The summed E-state index contributed by atoms with van der Waals surface area (Å²) in [5.74, 6) is 1.09. The molecule has 2 atom stereocenters. The number of hydrogen-bond acceptors (Lipinski definition) is 4. The van der Waals surface area contributed by atoms with E-state index in [0.29, 0.717) is 32.3 Å². The summed E-state index contributed by atoms with van der Waals surface area (Å²) < 4.78 is 5.05. The zero-order chi connectivity index (χ0) is 17.4. The average molecular weight is 340 g/mol. The van der Waals surface area contributed by atoms with Gasteiger partial charge in [0.25, 0.3) is 0 Å². The van der Waals surface area contributed by atoms with Crippen molar-refractivity contribution in [2.75, 3.05) is 32.8 Å². The highest BCUT2D eigenvalue weighted by atomic mass is 16.6. The molecule has 1 saturated carbocycles. The maximum Gasteiger partial charge on any atom is 0.409 e. The highest BCUT2D eigenvalue weighted by Gasteiger charge is 2.26. The van der Waals surface area contributed by atoms with Gasteiger partial charge in [-0.2, -0.15) is 0 Å². The molecule has 2 aliphatic rings. The Balaban J connectivity index is 1.79. The molecule has 1 aliphatic heterocycles. The van der Waals surface area contributed by atoms with Crippen LogP contribution in [0.5, 0.6) is 0 Å². The molecule has 7 heteroatoms. The summed E-state index contributed by atoms with van der Waals surface area (Å²) in [6, 6.07) is 0.307. The molecule has 7 nitrogen and oxygen atoms in total. The fourth-order valence-corrected chi connectivity index (χ4v) is 3.37. The highest BCUT2D eigenvalue weighted by Crippen LogP contribution is 2.25. The van der Waals surface area contributed by atoms with Crippen molar-refractivity contribution in [3.63, 3.8) is 0 Å². The number of carbonyl (C=O) groups excluding carboxylic acids is 1. The fourth-order valence-electron chi connectivity index (χ4n) is 3.37. The smallest absolute Gasteiger partial charge is 0.409 e. The summed E-state index contributed by atoms with van der Waals surface area (Å²) >= 11 is 0. The van der Waals surface area contributed by atoms with Crippen LogP contribution in [0.4, 0.5) is 4.79 Å². The summed E-state index contributed by atoms with van der Waals surface area (Å²) in [7, 11) is 0. The predicted octanol–water partition coefficient (Wildman–Crippen LogP) is 1.32. The standard InChI is InChI=1S/C17H32N4O3/c1-3-18-16(19-12-13-6-5-7-15(13)22)20-14-8-10-21(11-9-14)17(23)24-4-2/h13-15,22H,3-12H2,1-2H3,(H2,18,19,20). The van der Waals surface area contributed by atoms with Crippen LogP contribution in [0.15, 0.2) is 4.99 Å². The Labute approximate surface area is 144 Å². The number of hydrogen-bond donors (Lipinski definition) is 3. The van der Waals surface area contributed by atoms with Crippen molar-refractivity contribution in [2.24, 2.45) is 10.9 Å². The first-order chi connectivity index (χ1) is 11.6. The molecule has 1 saturated heterocycles. The van der Waals surface area contributed by atoms with Crippen LogP contribution in [0.25, 0.3) is 0 Å². The molecule has 1 aliphatic carbocycles. The van der Waals surface area contributed by atoms with E-state index in [-0.39, 0.29) is 18.1 Å². The molecule has 2 rings (SSSR count). The second-order valence-electron chi connectivity index (χ2n) is 6.58. The van der Waals surface area contributed by atoms with Crippen LogP contribution >= 0.6 is 0 Å². The van der Waals surface area contributed by atoms with Gasteiger partial charge in [-0.1, -0.05) is 6.42 Å². The summed E-state index contributed by atoms with van der Waals surface area (Å²) in [5.41, 5.74) is 0. The lowest BCUT2D eigenvalue weighted by molar-refractivity contribution is 0.0963. The molecule has 2 fully saturated rings. The van der Waals surface area contributed by atoms with Gasteiger partial charge in [-0.25, -0.2) is 4.79 Å². The number of piperidine rings is 1. The SMILES string of the molecule is CCNC(=NCC1CCCC1O)NC1CCN(C(=O)OCC)CC1. The van der Waals surface area contributed by atoms with Crippen LogP contribution in [-0.4, -0.2) is 67.0 Å². The topological polar surface area (TPSA) is 86.2 Å². The number of nitrogens with one attached hydrogen (secondary N) is 2. The summed E-state index contributed by atoms with van der Waals surface area (Å²) in [5, 5.41) is 16.7. The largest absolute Gasteiger partial charge is 0.450 e. The van der Waals surface area contributed by atoms with Gasteiger partial charge in [-0.05, 0) is 39.5 Å². The Morgan fingerprint density at radius 2 is 2.00 bits per heavy atom. The molecule has 0 aromatic rings. The van der Waals surface area contributed by atoms with Crippen molar-refractivity contribution < 1.29 is 14.6 Å². The number of carbonyl (C=O) groups is 1. The molecule has 1 amide bonds. The molecule has 0 aromatic carbocycles. The van der Waals surface area contributed by atoms with Crippen LogP contribution in [-0.2, 0) is 4.74 Å². The molecule has 0 bridgehead atoms. The first-order valence-electron chi connectivity index (χ1n) is 9.28. The third-order valence-corrected chi connectivity index (χ3v) is 4.81. The van der Waals surface area contributed by atoms with Crippen LogP contribution in [0.3, 0.4) is 0 Å². The molecule has 0 spiro atoms. The van der Waals surface area contributed by atoms with Crippen LogP contribution in [0, 0.1) is 5.92 Å². The summed E-state index contributed by atoms with van der Waals surface area (Å²) in [6.45, 7) is 7.17. The van der Waals surface area contributed by atoms with Crippen LogP contribution in [0.2, 0.25) is 0 Å². The van der Waals surface area contributed by atoms with Gasteiger partial charge in [0.15, 0.2) is 5.96 Å². The van der Waals surface area contributed by atoms with Crippen LogP contribution < -0.4 is 10.6 Å². The Morgan fingerprint density at radius 1 is 1.25 bits per heavy atom. The van der Waals surface area contributed by atoms with Crippen molar-refractivity contribution in [3.05, 3.63) is 0 Å². The van der Waals surface area contributed by atoms with E-state index in [0.717, 1.165) is 44.6 Å². The van der Waals surface area contributed by atoms with Gasteiger partial charge in [0.2, 0.25) is 0 Å². The summed E-state index contributed by atoms with van der Waals surface area (Å²) in [4.78, 5) is 18.2.